The fraction of sp³-hybridized carbons (Fsp3) is 1.00. The van der Waals surface area contributed by atoms with Crippen molar-refractivity contribution in [1.29, 1.82) is 0 Å². The first kappa shape index (κ1) is 13.9. The van der Waals surface area contributed by atoms with Gasteiger partial charge in [-0.25, -0.2) is 8.42 Å². The zero-order valence-corrected chi connectivity index (χ0v) is 8.55. The van der Waals surface area contributed by atoms with Crippen LogP contribution in [0, 0.1) is 0 Å². The van der Waals surface area contributed by atoms with Crippen molar-refractivity contribution in [1.82, 2.24) is 4.89 Å². The van der Waals surface area contributed by atoms with Gasteiger partial charge in [-0.1, -0.05) is 4.89 Å². The van der Waals surface area contributed by atoms with Crippen LogP contribution in [0.15, 0.2) is 0 Å². The Balaban J connectivity index is 3.78. The van der Waals surface area contributed by atoms with Crippen LogP contribution in [0.3, 0.4) is 0 Å². The molecule has 4 nitrogen and oxygen atoms in total. The highest BCUT2D eigenvalue weighted by Gasteiger charge is 2.28. The molecule has 1 N–H and O–H groups in total. The van der Waals surface area contributed by atoms with E-state index in [1.54, 1.807) is 0 Å². The van der Waals surface area contributed by atoms with Gasteiger partial charge in [-0.15, -0.1) is 11.6 Å². The van der Waals surface area contributed by atoms with E-state index in [9.17, 15) is 21.6 Å². The minimum Gasteiger partial charge on any atom is -0.278 e. The summed E-state index contributed by atoms with van der Waals surface area (Å²) >= 11 is 5.20. The first-order valence-corrected chi connectivity index (χ1v) is 5.69. The molecule has 0 aliphatic carbocycles. The molecule has 0 heterocycles. The zero-order valence-electron chi connectivity index (χ0n) is 6.97. The Morgan fingerprint density at radius 2 is 1.93 bits per heavy atom. The second-order valence-corrected chi connectivity index (χ2v) is 4.53. The number of hydrogen-bond acceptors (Lipinski definition) is 3. The summed E-state index contributed by atoms with van der Waals surface area (Å²) in [4.78, 5) is 5.10. The monoisotopic (exact) mass is 255 g/mol. The number of alkyl halides is 4. The van der Waals surface area contributed by atoms with Gasteiger partial charge in [-0.3, -0.25) is 4.84 Å². The number of nitrogens with one attached hydrogen (secondary N) is 1. The van der Waals surface area contributed by atoms with Gasteiger partial charge in [0.05, 0.1) is 5.75 Å². The van der Waals surface area contributed by atoms with E-state index in [1.807, 2.05) is 0 Å². The van der Waals surface area contributed by atoms with Crippen molar-refractivity contribution >= 4 is 21.6 Å². The molecule has 0 spiro atoms. The van der Waals surface area contributed by atoms with Crippen molar-refractivity contribution < 1.29 is 26.4 Å². The van der Waals surface area contributed by atoms with Crippen molar-refractivity contribution in [2.45, 2.75) is 12.6 Å². The van der Waals surface area contributed by atoms with Crippen molar-refractivity contribution in [2.75, 3.05) is 18.2 Å². The summed E-state index contributed by atoms with van der Waals surface area (Å²) < 4.78 is 56.1. The molecule has 14 heavy (non-hydrogen) atoms. The van der Waals surface area contributed by atoms with E-state index in [4.69, 9.17) is 11.6 Å². The van der Waals surface area contributed by atoms with Crippen molar-refractivity contribution in [2.24, 2.45) is 0 Å². The summed E-state index contributed by atoms with van der Waals surface area (Å²) in [6.45, 7) is -1.66. The first-order valence-electron chi connectivity index (χ1n) is 3.51. The van der Waals surface area contributed by atoms with E-state index >= 15 is 0 Å². The van der Waals surface area contributed by atoms with Crippen molar-refractivity contribution in [3.05, 3.63) is 0 Å². The van der Waals surface area contributed by atoms with Gasteiger partial charge in [0.1, 0.15) is 0 Å². The Bertz CT molecular complexity index is 253. The molecule has 86 valence electrons. The fourth-order valence-electron chi connectivity index (χ4n) is 0.487. The van der Waals surface area contributed by atoms with Crippen LogP contribution >= 0.6 is 11.6 Å². The lowest BCUT2D eigenvalue weighted by molar-refractivity contribution is -0.181. The van der Waals surface area contributed by atoms with Crippen molar-refractivity contribution in [3.8, 4) is 0 Å². The Hall–Kier alpha value is -0.0500. The molecule has 0 aromatic carbocycles. The van der Waals surface area contributed by atoms with Crippen LogP contribution in [0.25, 0.3) is 0 Å². The third-order valence-electron chi connectivity index (χ3n) is 0.968. The smallest absolute Gasteiger partial charge is 0.278 e. The molecule has 0 radical (unpaired) electrons. The van der Waals surface area contributed by atoms with Crippen LogP contribution in [-0.2, 0) is 14.9 Å². The highest BCUT2D eigenvalue weighted by molar-refractivity contribution is 7.89. The fourth-order valence-corrected chi connectivity index (χ4v) is 1.63. The van der Waals surface area contributed by atoms with Gasteiger partial charge < -0.3 is 0 Å². The lowest BCUT2D eigenvalue weighted by Gasteiger charge is -2.08. The second kappa shape index (κ2) is 5.74. The summed E-state index contributed by atoms with van der Waals surface area (Å²) in [5.74, 6) is -0.255. The number of halogens is 4. The van der Waals surface area contributed by atoms with Crippen LogP contribution < -0.4 is 4.89 Å². The summed E-state index contributed by atoms with van der Waals surface area (Å²) in [7, 11) is -3.82. The van der Waals surface area contributed by atoms with Crippen LogP contribution in [0.4, 0.5) is 13.2 Å². The van der Waals surface area contributed by atoms with Gasteiger partial charge >= 0.3 is 6.18 Å². The minimum atomic E-state index is -4.56. The SMILES string of the molecule is O=S(=O)(CCCCl)NOCC(F)(F)F. The van der Waals surface area contributed by atoms with Crippen molar-refractivity contribution in [3.63, 3.8) is 0 Å². The number of rotatable bonds is 6. The quantitative estimate of drug-likeness (QED) is 0.570. The Morgan fingerprint density at radius 1 is 1.36 bits per heavy atom. The number of sulfonamides is 1. The highest BCUT2D eigenvalue weighted by Crippen LogP contribution is 2.13. The zero-order chi connectivity index (χ0) is 11.2. The molecular formula is C5H9ClF3NO3S. The first-order chi connectivity index (χ1) is 6.27. The molecule has 0 aromatic heterocycles. The molecule has 0 aliphatic heterocycles. The molecule has 0 fully saturated rings. The standard InChI is InChI=1S/C5H9ClF3NO3S/c6-2-1-3-14(11,12)10-13-4-5(7,8)9/h10H,1-4H2. The van der Waals surface area contributed by atoms with E-state index in [0.29, 0.717) is 0 Å². The van der Waals surface area contributed by atoms with Crippen LogP contribution in [0.5, 0.6) is 0 Å². The summed E-state index contributed by atoms with van der Waals surface area (Å²) in [6.07, 6.45) is -4.42. The Morgan fingerprint density at radius 3 is 2.36 bits per heavy atom. The molecular weight excluding hydrogens is 247 g/mol. The highest BCUT2D eigenvalue weighted by atomic mass is 35.5. The lowest BCUT2D eigenvalue weighted by atomic mass is 10.6. The molecule has 0 aliphatic rings. The molecule has 0 unspecified atom stereocenters. The van der Waals surface area contributed by atoms with Gasteiger partial charge in [0.2, 0.25) is 10.0 Å². The van der Waals surface area contributed by atoms with E-state index < -0.39 is 22.8 Å². The summed E-state index contributed by atoms with van der Waals surface area (Å²) in [6, 6.07) is 0. The molecule has 0 rings (SSSR count). The predicted octanol–water partition coefficient (Wildman–Crippen LogP) is 1.03. The van der Waals surface area contributed by atoms with Crippen LogP contribution in [0.2, 0.25) is 0 Å². The summed E-state index contributed by atoms with van der Waals surface area (Å²) in [5, 5.41) is 0. The van der Waals surface area contributed by atoms with E-state index in [2.05, 4.69) is 4.84 Å². The number of hydrogen-bond donors (Lipinski definition) is 1. The third kappa shape index (κ3) is 8.54. The molecule has 9 heteroatoms. The lowest BCUT2D eigenvalue weighted by Crippen LogP contribution is -2.31. The average molecular weight is 256 g/mol. The largest absolute Gasteiger partial charge is 0.413 e. The molecule has 0 amide bonds. The third-order valence-corrected chi connectivity index (χ3v) is 2.43. The molecule has 0 aromatic rings. The molecule has 0 atom stereocenters. The van der Waals surface area contributed by atoms with Crippen LogP contribution in [0.1, 0.15) is 6.42 Å². The predicted molar refractivity (Wildman–Crippen MR) is 44.3 cm³/mol. The Labute approximate surface area is 84.4 Å². The van der Waals surface area contributed by atoms with E-state index in [-0.39, 0.29) is 18.1 Å². The maximum atomic E-state index is 11.5. The van der Waals surface area contributed by atoms with Gasteiger partial charge in [0.15, 0.2) is 6.61 Å². The molecule has 0 bridgehead atoms. The average Bonchev–Trinajstić information content (AvgIpc) is 1.98. The molecule has 0 saturated heterocycles. The minimum absolute atomic E-state index is 0.111. The van der Waals surface area contributed by atoms with E-state index in [1.165, 1.54) is 4.89 Å². The van der Waals surface area contributed by atoms with Gasteiger partial charge in [-0.2, -0.15) is 13.2 Å². The second-order valence-electron chi connectivity index (χ2n) is 2.35. The van der Waals surface area contributed by atoms with E-state index in [0.717, 1.165) is 0 Å². The van der Waals surface area contributed by atoms with Gasteiger partial charge in [0.25, 0.3) is 0 Å². The topological polar surface area (TPSA) is 55.4 Å². The summed E-state index contributed by atoms with van der Waals surface area (Å²) in [5.41, 5.74) is 0. The van der Waals surface area contributed by atoms with Gasteiger partial charge in [0, 0.05) is 5.88 Å². The maximum Gasteiger partial charge on any atom is 0.413 e. The van der Waals surface area contributed by atoms with Gasteiger partial charge in [-0.05, 0) is 6.42 Å². The maximum absolute atomic E-state index is 11.5. The molecule has 0 saturated carbocycles. The Kier molecular flexibility index (Phi) is 5.72. The van der Waals surface area contributed by atoms with Crippen LogP contribution in [-0.4, -0.2) is 32.8 Å². The normalized spacial score (nSPS) is 13.1.